The molecule has 1 N–H and O–H groups in total. The standard InChI is InChI=1S/C19H18FN3O2/c1-25-16-5-2-4-13(11-16)18-6-3-9-23(18)19(24)22-17-8-7-15(20)10-14(17)12-21/h2,4-5,7-8,10-11,18H,3,6,9H2,1H3,(H,22,24). The summed E-state index contributed by atoms with van der Waals surface area (Å²) in [4.78, 5) is 14.4. The molecule has 128 valence electrons. The van der Waals surface area contributed by atoms with E-state index in [0.29, 0.717) is 12.2 Å². The van der Waals surface area contributed by atoms with Crippen molar-refractivity contribution in [2.75, 3.05) is 19.0 Å². The van der Waals surface area contributed by atoms with Crippen molar-refractivity contribution in [1.82, 2.24) is 4.90 Å². The average Bonchev–Trinajstić information content (AvgIpc) is 3.13. The van der Waals surface area contributed by atoms with Crippen LogP contribution in [0.3, 0.4) is 0 Å². The summed E-state index contributed by atoms with van der Waals surface area (Å²) in [6.45, 7) is 0.622. The highest BCUT2D eigenvalue weighted by molar-refractivity contribution is 5.91. The Morgan fingerprint density at radius 2 is 2.20 bits per heavy atom. The van der Waals surface area contributed by atoms with E-state index in [2.05, 4.69) is 5.32 Å². The van der Waals surface area contributed by atoms with Crippen molar-refractivity contribution in [1.29, 1.82) is 5.26 Å². The predicted molar refractivity (Wildman–Crippen MR) is 91.8 cm³/mol. The number of hydrogen-bond acceptors (Lipinski definition) is 3. The third-order valence-electron chi connectivity index (χ3n) is 4.34. The van der Waals surface area contributed by atoms with E-state index >= 15 is 0 Å². The predicted octanol–water partition coefficient (Wildman–Crippen LogP) is 4.07. The van der Waals surface area contributed by atoms with Crippen molar-refractivity contribution in [2.45, 2.75) is 18.9 Å². The van der Waals surface area contributed by atoms with E-state index < -0.39 is 5.82 Å². The number of nitrogens with one attached hydrogen (secondary N) is 1. The second kappa shape index (κ2) is 7.22. The van der Waals surface area contributed by atoms with E-state index in [1.165, 1.54) is 12.1 Å². The number of nitrogens with zero attached hydrogens (tertiary/aromatic N) is 2. The summed E-state index contributed by atoms with van der Waals surface area (Å²) in [6.07, 6.45) is 1.75. The summed E-state index contributed by atoms with van der Waals surface area (Å²) in [7, 11) is 1.61. The van der Waals surface area contributed by atoms with Gasteiger partial charge in [0.05, 0.1) is 24.4 Å². The van der Waals surface area contributed by atoms with E-state index in [9.17, 15) is 9.18 Å². The van der Waals surface area contributed by atoms with Crippen LogP contribution in [-0.2, 0) is 0 Å². The number of methoxy groups -OCH3 is 1. The normalized spacial score (nSPS) is 16.4. The maximum absolute atomic E-state index is 13.2. The van der Waals surface area contributed by atoms with E-state index in [1.807, 2.05) is 30.3 Å². The molecular weight excluding hydrogens is 321 g/mol. The van der Waals surface area contributed by atoms with Crippen molar-refractivity contribution in [2.24, 2.45) is 0 Å². The van der Waals surface area contributed by atoms with Gasteiger partial charge < -0.3 is 15.0 Å². The van der Waals surface area contributed by atoms with Gasteiger partial charge in [0.2, 0.25) is 0 Å². The van der Waals surface area contributed by atoms with Crippen LogP contribution in [0.15, 0.2) is 42.5 Å². The average molecular weight is 339 g/mol. The summed E-state index contributed by atoms with van der Waals surface area (Å²) in [5.41, 5.74) is 1.42. The van der Waals surface area contributed by atoms with Gasteiger partial charge in [-0.1, -0.05) is 12.1 Å². The molecule has 1 fully saturated rings. The molecule has 2 aromatic carbocycles. The first-order valence-corrected chi connectivity index (χ1v) is 8.03. The fraction of sp³-hybridized carbons (Fsp3) is 0.263. The van der Waals surface area contributed by atoms with Gasteiger partial charge in [-0.2, -0.15) is 5.26 Å². The highest BCUT2D eigenvalue weighted by Gasteiger charge is 2.30. The molecule has 1 aliphatic rings. The number of nitriles is 1. The first kappa shape index (κ1) is 16.8. The third-order valence-corrected chi connectivity index (χ3v) is 4.34. The number of anilines is 1. The van der Waals surface area contributed by atoms with Gasteiger partial charge in [0, 0.05) is 6.54 Å². The second-order valence-corrected chi connectivity index (χ2v) is 5.86. The number of ether oxygens (including phenoxy) is 1. The van der Waals surface area contributed by atoms with E-state index in [4.69, 9.17) is 10.00 Å². The fourth-order valence-corrected chi connectivity index (χ4v) is 3.11. The minimum Gasteiger partial charge on any atom is -0.497 e. The molecule has 0 saturated carbocycles. The Kier molecular flexibility index (Phi) is 4.85. The molecule has 0 aromatic heterocycles. The minimum atomic E-state index is -0.509. The molecule has 1 aliphatic heterocycles. The van der Waals surface area contributed by atoms with Gasteiger partial charge in [-0.15, -0.1) is 0 Å². The summed E-state index contributed by atoms with van der Waals surface area (Å²) >= 11 is 0. The zero-order valence-corrected chi connectivity index (χ0v) is 13.8. The molecule has 25 heavy (non-hydrogen) atoms. The van der Waals surface area contributed by atoms with Gasteiger partial charge in [-0.3, -0.25) is 0 Å². The van der Waals surface area contributed by atoms with Crippen LogP contribution in [0.25, 0.3) is 0 Å². The van der Waals surface area contributed by atoms with Crippen molar-refractivity contribution in [3.63, 3.8) is 0 Å². The van der Waals surface area contributed by atoms with Gasteiger partial charge in [0.25, 0.3) is 0 Å². The Morgan fingerprint density at radius 1 is 1.36 bits per heavy atom. The van der Waals surface area contributed by atoms with Crippen LogP contribution < -0.4 is 10.1 Å². The molecular formula is C19H18FN3O2. The molecule has 3 rings (SSSR count). The van der Waals surface area contributed by atoms with E-state index in [0.717, 1.165) is 30.2 Å². The fourth-order valence-electron chi connectivity index (χ4n) is 3.11. The molecule has 0 spiro atoms. The molecule has 1 heterocycles. The molecule has 1 saturated heterocycles. The Hall–Kier alpha value is -3.07. The Balaban J connectivity index is 1.80. The number of carbonyl (C=O) groups is 1. The number of carbonyl (C=O) groups excluding carboxylic acids is 1. The number of urea groups is 1. The zero-order valence-electron chi connectivity index (χ0n) is 13.8. The SMILES string of the molecule is COc1cccc(C2CCCN2C(=O)Nc2ccc(F)cc2C#N)c1. The number of rotatable bonds is 3. The maximum atomic E-state index is 13.2. The number of amides is 2. The zero-order chi connectivity index (χ0) is 17.8. The summed E-state index contributed by atoms with van der Waals surface area (Å²) in [6, 6.07) is 12.9. The molecule has 0 bridgehead atoms. The van der Waals surface area contributed by atoms with Crippen LogP contribution >= 0.6 is 0 Å². The van der Waals surface area contributed by atoms with Crippen molar-refractivity contribution < 1.29 is 13.9 Å². The largest absolute Gasteiger partial charge is 0.497 e. The Labute approximate surface area is 145 Å². The number of halogens is 1. The van der Waals surface area contributed by atoms with Crippen LogP contribution in [0, 0.1) is 17.1 Å². The smallest absolute Gasteiger partial charge is 0.322 e. The monoisotopic (exact) mass is 339 g/mol. The second-order valence-electron chi connectivity index (χ2n) is 5.86. The molecule has 0 aliphatic carbocycles. The third kappa shape index (κ3) is 3.56. The summed E-state index contributed by atoms with van der Waals surface area (Å²) in [5, 5.41) is 11.8. The Bertz CT molecular complexity index is 832. The van der Waals surface area contributed by atoms with E-state index in [1.54, 1.807) is 12.0 Å². The van der Waals surface area contributed by atoms with Gasteiger partial charge in [0.15, 0.2) is 0 Å². The van der Waals surface area contributed by atoms with Gasteiger partial charge in [0.1, 0.15) is 17.6 Å². The first-order chi connectivity index (χ1) is 12.1. The number of hydrogen-bond donors (Lipinski definition) is 1. The van der Waals surface area contributed by atoms with Crippen LogP contribution in [0.1, 0.15) is 30.0 Å². The quantitative estimate of drug-likeness (QED) is 0.916. The lowest BCUT2D eigenvalue weighted by molar-refractivity contribution is 0.207. The van der Waals surface area contributed by atoms with Crippen LogP contribution in [-0.4, -0.2) is 24.6 Å². The lowest BCUT2D eigenvalue weighted by Crippen LogP contribution is -2.34. The summed E-state index contributed by atoms with van der Waals surface area (Å²) < 4.78 is 18.5. The minimum absolute atomic E-state index is 0.0546. The lowest BCUT2D eigenvalue weighted by Gasteiger charge is -2.26. The lowest BCUT2D eigenvalue weighted by atomic mass is 10.0. The van der Waals surface area contributed by atoms with Gasteiger partial charge in [-0.05, 0) is 48.7 Å². The van der Waals surface area contributed by atoms with Gasteiger partial charge >= 0.3 is 6.03 Å². The van der Waals surface area contributed by atoms with Gasteiger partial charge in [-0.25, -0.2) is 9.18 Å². The maximum Gasteiger partial charge on any atom is 0.322 e. The topological polar surface area (TPSA) is 65.4 Å². The highest BCUT2D eigenvalue weighted by atomic mass is 19.1. The van der Waals surface area contributed by atoms with E-state index in [-0.39, 0.29) is 17.6 Å². The van der Waals surface area contributed by atoms with Crippen molar-refractivity contribution >= 4 is 11.7 Å². The molecule has 2 aromatic rings. The van der Waals surface area contributed by atoms with Crippen molar-refractivity contribution in [3.05, 3.63) is 59.4 Å². The number of likely N-dealkylation sites (tertiary alicyclic amines) is 1. The highest BCUT2D eigenvalue weighted by Crippen LogP contribution is 2.34. The summed E-state index contributed by atoms with van der Waals surface area (Å²) in [5.74, 6) is 0.236. The molecule has 2 amide bonds. The Morgan fingerprint density at radius 3 is 2.96 bits per heavy atom. The van der Waals surface area contributed by atoms with Crippen LogP contribution in [0.2, 0.25) is 0 Å². The molecule has 1 atom stereocenters. The molecule has 5 nitrogen and oxygen atoms in total. The van der Waals surface area contributed by atoms with Crippen LogP contribution in [0.5, 0.6) is 5.75 Å². The molecule has 6 heteroatoms. The van der Waals surface area contributed by atoms with Crippen molar-refractivity contribution in [3.8, 4) is 11.8 Å². The molecule has 0 radical (unpaired) electrons. The molecule has 1 unspecified atom stereocenters. The number of benzene rings is 2. The van der Waals surface area contributed by atoms with Crippen LogP contribution in [0.4, 0.5) is 14.9 Å². The first-order valence-electron chi connectivity index (χ1n) is 8.03.